The number of hydrogen-bond donors (Lipinski definition) is 1. The van der Waals surface area contributed by atoms with E-state index in [4.69, 9.17) is 9.47 Å². The van der Waals surface area contributed by atoms with Crippen LogP contribution in [0.1, 0.15) is 16.7 Å². The Morgan fingerprint density at radius 3 is 2.46 bits per heavy atom. The van der Waals surface area contributed by atoms with Crippen LogP contribution in [0.4, 0.5) is 0 Å². The Morgan fingerprint density at radius 1 is 1.04 bits per heavy atom. The lowest BCUT2D eigenvalue weighted by Gasteiger charge is -2.18. The van der Waals surface area contributed by atoms with Gasteiger partial charge in [0.15, 0.2) is 11.5 Å². The number of nitrogens with one attached hydrogen (secondary N) is 1. The first-order chi connectivity index (χ1) is 12.6. The molecular weight excluding hydrogens is 328 g/mol. The molecule has 0 saturated carbocycles. The lowest BCUT2D eigenvalue weighted by Crippen LogP contribution is -2.20. The van der Waals surface area contributed by atoms with Crippen LogP contribution in [0, 0.1) is 0 Å². The summed E-state index contributed by atoms with van der Waals surface area (Å²) >= 11 is 0. The largest absolute Gasteiger partial charge is 0.486 e. The van der Waals surface area contributed by atoms with Crippen LogP contribution in [-0.2, 0) is 17.9 Å². The monoisotopic (exact) mass is 352 g/mol. The zero-order valence-corrected chi connectivity index (χ0v) is 15.2. The molecule has 1 aliphatic rings. The van der Waals surface area contributed by atoms with Crippen molar-refractivity contribution in [2.45, 2.75) is 13.1 Å². The van der Waals surface area contributed by atoms with Crippen molar-refractivity contribution in [3.63, 3.8) is 0 Å². The van der Waals surface area contributed by atoms with Crippen molar-refractivity contribution in [2.24, 2.45) is 0 Å². The van der Waals surface area contributed by atoms with Gasteiger partial charge < -0.3 is 19.7 Å². The molecule has 26 heavy (non-hydrogen) atoms. The van der Waals surface area contributed by atoms with Gasteiger partial charge >= 0.3 is 0 Å². The number of amides is 1. The number of carbonyl (C=O) groups excluding carboxylic acids is 1. The zero-order chi connectivity index (χ0) is 18.4. The molecule has 1 heterocycles. The molecule has 2 aromatic rings. The summed E-state index contributed by atoms with van der Waals surface area (Å²) < 4.78 is 11.0. The molecule has 136 valence electrons. The number of carbonyl (C=O) groups is 1. The van der Waals surface area contributed by atoms with Crippen LogP contribution in [0.5, 0.6) is 11.5 Å². The van der Waals surface area contributed by atoms with Gasteiger partial charge in [-0.25, -0.2) is 0 Å². The van der Waals surface area contributed by atoms with Crippen molar-refractivity contribution in [2.75, 3.05) is 27.3 Å². The average molecular weight is 352 g/mol. The predicted octanol–water partition coefficient (Wildman–Crippen LogP) is 2.85. The van der Waals surface area contributed by atoms with Crippen LogP contribution in [0.15, 0.2) is 48.5 Å². The molecule has 0 bridgehead atoms. The summed E-state index contributed by atoms with van der Waals surface area (Å²) in [7, 11) is 4.09. The van der Waals surface area contributed by atoms with E-state index in [1.807, 2.05) is 44.4 Å². The summed E-state index contributed by atoms with van der Waals surface area (Å²) in [5.74, 6) is 1.34. The fourth-order valence-corrected chi connectivity index (χ4v) is 2.71. The van der Waals surface area contributed by atoms with Gasteiger partial charge in [-0.2, -0.15) is 0 Å². The first-order valence-corrected chi connectivity index (χ1v) is 8.68. The van der Waals surface area contributed by atoms with Gasteiger partial charge in [0.25, 0.3) is 0 Å². The van der Waals surface area contributed by atoms with Crippen LogP contribution < -0.4 is 14.8 Å². The second kappa shape index (κ2) is 8.54. The zero-order valence-electron chi connectivity index (χ0n) is 15.2. The molecule has 1 N–H and O–H groups in total. The van der Waals surface area contributed by atoms with Crippen molar-refractivity contribution in [1.29, 1.82) is 0 Å². The quantitative estimate of drug-likeness (QED) is 0.813. The number of nitrogens with zero attached hydrogens (tertiary/aromatic N) is 1. The molecule has 0 unspecified atom stereocenters. The molecule has 1 amide bonds. The number of rotatable bonds is 6. The Morgan fingerprint density at radius 2 is 1.73 bits per heavy atom. The van der Waals surface area contributed by atoms with E-state index in [-0.39, 0.29) is 5.91 Å². The first kappa shape index (κ1) is 18.0. The van der Waals surface area contributed by atoms with Crippen molar-refractivity contribution in [3.05, 3.63) is 65.2 Å². The second-order valence-corrected chi connectivity index (χ2v) is 6.51. The Hall–Kier alpha value is -2.79. The molecule has 0 aliphatic carbocycles. The van der Waals surface area contributed by atoms with Crippen LogP contribution in [0.25, 0.3) is 6.08 Å². The van der Waals surface area contributed by atoms with E-state index < -0.39 is 0 Å². The number of fused-ring (bicyclic) bond motifs is 1. The van der Waals surface area contributed by atoms with Crippen LogP contribution in [0.3, 0.4) is 0 Å². The fourth-order valence-electron chi connectivity index (χ4n) is 2.71. The van der Waals surface area contributed by atoms with E-state index in [0.29, 0.717) is 19.8 Å². The van der Waals surface area contributed by atoms with Crippen molar-refractivity contribution >= 4 is 12.0 Å². The normalized spacial score (nSPS) is 13.2. The number of ether oxygens (including phenoxy) is 2. The third kappa shape index (κ3) is 5.10. The summed E-state index contributed by atoms with van der Waals surface area (Å²) in [4.78, 5) is 14.2. The Kier molecular flexibility index (Phi) is 5.92. The van der Waals surface area contributed by atoms with E-state index in [1.54, 1.807) is 6.08 Å². The molecule has 3 rings (SSSR count). The molecule has 0 radical (unpaired) electrons. The van der Waals surface area contributed by atoms with Gasteiger partial charge in [-0.3, -0.25) is 4.79 Å². The van der Waals surface area contributed by atoms with Gasteiger partial charge in [0, 0.05) is 19.2 Å². The topological polar surface area (TPSA) is 50.8 Å². The first-order valence-electron chi connectivity index (χ1n) is 8.68. The number of benzene rings is 2. The summed E-state index contributed by atoms with van der Waals surface area (Å²) in [5.41, 5.74) is 3.23. The highest BCUT2D eigenvalue weighted by Crippen LogP contribution is 2.31. The van der Waals surface area contributed by atoms with Crippen molar-refractivity contribution < 1.29 is 14.3 Å². The molecule has 5 nitrogen and oxygen atoms in total. The summed E-state index contributed by atoms with van der Waals surface area (Å²) in [6.07, 6.45) is 3.31. The third-order valence-electron chi connectivity index (χ3n) is 3.98. The molecule has 2 aromatic carbocycles. The van der Waals surface area contributed by atoms with E-state index in [1.165, 1.54) is 11.6 Å². The molecule has 0 aromatic heterocycles. The van der Waals surface area contributed by atoms with Crippen LogP contribution >= 0.6 is 0 Å². The molecule has 0 saturated heterocycles. The smallest absolute Gasteiger partial charge is 0.244 e. The molecule has 0 atom stereocenters. The Labute approximate surface area is 154 Å². The van der Waals surface area contributed by atoms with E-state index >= 15 is 0 Å². The Balaban J connectivity index is 1.51. The second-order valence-electron chi connectivity index (χ2n) is 6.51. The minimum atomic E-state index is -0.128. The molecular formula is C21H24N2O3. The maximum atomic E-state index is 12.0. The van der Waals surface area contributed by atoms with Crippen molar-refractivity contribution in [3.8, 4) is 11.5 Å². The fraction of sp³-hybridized carbons (Fsp3) is 0.286. The molecule has 0 spiro atoms. The standard InChI is InChI=1S/C21H24N2O3/c1-23(2)15-18-5-3-17(4-6-18)14-22-21(24)10-8-16-7-9-19-20(13-16)26-12-11-25-19/h3-10,13H,11-12,14-15H2,1-2H3,(H,22,24)/b10-8+. The summed E-state index contributed by atoms with van der Waals surface area (Å²) in [6, 6.07) is 13.9. The van der Waals surface area contributed by atoms with E-state index in [9.17, 15) is 4.79 Å². The molecule has 1 aliphatic heterocycles. The van der Waals surface area contributed by atoms with E-state index in [2.05, 4.69) is 22.3 Å². The molecule has 5 heteroatoms. The lowest BCUT2D eigenvalue weighted by atomic mass is 10.1. The van der Waals surface area contributed by atoms with Crippen molar-refractivity contribution in [1.82, 2.24) is 10.2 Å². The molecule has 0 fully saturated rings. The Bertz CT molecular complexity index is 782. The highest BCUT2D eigenvalue weighted by molar-refractivity contribution is 5.91. The minimum Gasteiger partial charge on any atom is -0.486 e. The number of hydrogen-bond acceptors (Lipinski definition) is 4. The van der Waals surface area contributed by atoms with Gasteiger partial charge in [0.2, 0.25) is 5.91 Å². The average Bonchev–Trinajstić information content (AvgIpc) is 2.65. The van der Waals surface area contributed by atoms with E-state index in [0.717, 1.165) is 29.2 Å². The van der Waals surface area contributed by atoms with Crippen LogP contribution in [0.2, 0.25) is 0 Å². The highest BCUT2D eigenvalue weighted by atomic mass is 16.6. The third-order valence-corrected chi connectivity index (χ3v) is 3.98. The van der Waals surface area contributed by atoms with Crippen LogP contribution in [-0.4, -0.2) is 38.1 Å². The van der Waals surface area contributed by atoms with Gasteiger partial charge in [-0.1, -0.05) is 30.3 Å². The summed E-state index contributed by atoms with van der Waals surface area (Å²) in [5, 5.41) is 2.90. The minimum absolute atomic E-state index is 0.128. The SMILES string of the molecule is CN(C)Cc1ccc(CNC(=O)/C=C/c2ccc3c(c2)OCCO3)cc1. The maximum absolute atomic E-state index is 12.0. The van der Waals surface area contributed by atoms with Gasteiger partial charge in [-0.05, 0) is 49.0 Å². The lowest BCUT2D eigenvalue weighted by molar-refractivity contribution is -0.116. The van der Waals surface area contributed by atoms with Gasteiger partial charge in [0.05, 0.1) is 0 Å². The predicted molar refractivity (Wildman–Crippen MR) is 102 cm³/mol. The maximum Gasteiger partial charge on any atom is 0.244 e. The highest BCUT2D eigenvalue weighted by Gasteiger charge is 2.10. The van der Waals surface area contributed by atoms with Gasteiger partial charge in [0.1, 0.15) is 13.2 Å². The summed E-state index contributed by atoms with van der Waals surface area (Å²) in [6.45, 7) is 2.53. The van der Waals surface area contributed by atoms with Gasteiger partial charge in [-0.15, -0.1) is 0 Å².